The van der Waals surface area contributed by atoms with Crippen molar-refractivity contribution in [1.29, 1.82) is 0 Å². The van der Waals surface area contributed by atoms with E-state index < -0.39 is 0 Å². The molecule has 3 heteroatoms. The average molecular weight is 252 g/mol. The molecule has 1 atom stereocenters. The number of rotatable bonds is 2. The molecule has 0 spiro atoms. The van der Waals surface area contributed by atoms with Crippen molar-refractivity contribution in [2.24, 2.45) is 5.73 Å². The van der Waals surface area contributed by atoms with Crippen molar-refractivity contribution in [3.05, 3.63) is 65.2 Å². The Hall–Kier alpha value is -2.13. The molecule has 2 heterocycles. The number of fused-ring (bicyclic) bond motifs is 1. The van der Waals surface area contributed by atoms with Crippen molar-refractivity contribution >= 4 is 11.0 Å². The van der Waals surface area contributed by atoms with Gasteiger partial charge in [0.2, 0.25) is 0 Å². The first-order chi connectivity index (χ1) is 9.15. The summed E-state index contributed by atoms with van der Waals surface area (Å²) in [5.41, 5.74) is 10.1. The molecule has 1 aromatic carbocycles. The lowest BCUT2D eigenvalue weighted by molar-refractivity contribution is 0.519. The van der Waals surface area contributed by atoms with Gasteiger partial charge in [0, 0.05) is 11.1 Å². The third-order valence-electron chi connectivity index (χ3n) is 3.30. The number of aromatic nitrogens is 1. The second-order valence-corrected chi connectivity index (χ2v) is 4.82. The second kappa shape index (κ2) is 4.52. The van der Waals surface area contributed by atoms with E-state index in [1.54, 1.807) is 0 Å². The van der Waals surface area contributed by atoms with Crippen molar-refractivity contribution < 1.29 is 4.42 Å². The van der Waals surface area contributed by atoms with E-state index in [2.05, 4.69) is 4.98 Å². The minimum absolute atomic E-state index is 0.327. The highest BCUT2D eigenvalue weighted by molar-refractivity contribution is 5.81. The number of nitrogens with zero attached hydrogens (tertiary/aromatic N) is 1. The van der Waals surface area contributed by atoms with Crippen molar-refractivity contribution in [1.82, 2.24) is 4.98 Å². The van der Waals surface area contributed by atoms with Gasteiger partial charge in [0.05, 0.1) is 5.69 Å². The first-order valence-corrected chi connectivity index (χ1v) is 6.33. The normalized spacial score (nSPS) is 12.8. The van der Waals surface area contributed by atoms with Crippen molar-refractivity contribution in [3.63, 3.8) is 0 Å². The molecule has 2 aromatic heterocycles. The van der Waals surface area contributed by atoms with Gasteiger partial charge in [-0.15, -0.1) is 0 Å². The van der Waals surface area contributed by atoms with E-state index in [-0.39, 0.29) is 6.04 Å². The summed E-state index contributed by atoms with van der Waals surface area (Å²) in [6.45, 7) is 3.99. The number of benzene rings is 1. The average Bonchev–Trinajstić information content (AvgIpc) is 2.83. The molecule has 0 radical (unpaired) electrons. The van der Waals surface area contributed by atoms with Gasteiger partial charge in [0.1, 0.15) is 17.4 Å². The van der Waals surface area contributed by atoms with Crippen LogP contribution in [0, 0.1) is 13.8 Å². The predicted molar refractivity (Wildman–Crippen MR) is 76.0 cm³/mol. The second-order valence-electron chi connectivity index (χ2n) is 4.82. The van der Waals surface area contributed by atoms with Gasteiger partial charge in [0.15, 0.2) is 0 Å². The number of aryl methyl sites for hydroxylation is 2. The van der Waals surface area contributed by atoms with Crippen LogP contribution in [-0.4, -0.2) is 4.98 Å². The van der Waals surface area contributed by atoms with Crippen molar-refractivity contribution in [2.75, 3.05) is 0 Å². The Morgan fingerprint density at radius 3 is 2.63 bits per heavy atom. The molecular formula is C16H16N2O. The molecule has 0 aliphatic rings. The smallest absolute Gasteiger partial charge is 0.137 e. The SMILES string of the molecule is Cc1cccc(C(N)c2cc3cccc(C)c3o2)n1. The van der Waals surface area contributed by atoms with Crippen LogP contribution in [0.15, 0.2) is 46.9 Å². The third-order valence-corrected chi connectivity index (χ3v) is 3.30. The minimum Gasteiger partial charge on any atom is -0.459 e. The molecule has 0 aliphatic heterocycles. The number of para-hydroxylation sites is 1. The zero-order valence-electron chi connectivity index (χ0n) is 11.1. The molecule has 3 rings (SSSR count). The number of pyridine rings is 1. The molecule has 0 bridgehead atoms. The van der Waals surface area contributed by atoms with E-state index in [4.69, 9.17) is 10.2 Å². The van der Waals surface area contributed by atoms with Gasteiger partial charge in [-0.25, -0.2) is 0 Å². The standard InChI is InChI=1S/C16H16N2O/c1-10-5-3-7-12-9-14(19-16(10)12)15(17)13-8-4-6-11(2)18-13/h3-9,15H,17H2,1-2H3. The van der Waals surface area contributed by atoms with Crippen LogP contribution in [0.4, 0.5) is 0 Å². The molecule has 2 N–H and O–H groups in total. The quantitative estimate of drug-likeness (QED) is 0.759. The maximum atomic E-state index is 6.24. The van der Waals surface area contributed by atoms with Crippen LogP contribution in [0.2, 0.25) is 0 Å². The van der Waals surface area contributed by atoms with Crippen LogP contribution in [0.1, 0.15) is 28.8 Å². The van der Waals surface area contributed by atoms with E-state index in [0.29, 0.717) is 0 Å². The van der Waals surface area contributed by atoms with Crippen molar-refractivity contribution in [3.8, 4) is 0 Å². The summed E-state index contributed by atoms with van der Waals surface area (Å²) in [6, 6.07) is 13.6. The maximum Gasteiger partial charge on any atom is 0.137 e. The van der Waals surface area contributed by atoms with Crippen molar-refractivity contribution in [2.45, 2.75) is 19.9 Å². The molecule has 3 aromatic rings. The topological polar surface area (TPSA) is 52.0 Å². The highest BCUT2D eigenvalue weighted by Gasteiger charge is 2.16. The lowest BCUT2D eigenvalue weighted by atomic mass is 10.1. The Bertz CT molecular complexity index is 730. The van der Waals surface area contributed by atoms with Gasteiger partial charge >= 0.3 is 0 Å². The molecule has 0 saturated carbocycles. The Labute approximate surface area is 112 Å². The predicted octanol–water partition coefficient (Wildman–Crippen LogP) is 3.49. The van der Waals surface area contributed by atoms with Crippen LogP contribution < -0.4 is 5.73 Å². The Morgan fingerprint density at radius 1 is 1.11 bits per heavy atom. The van der Waals surface area contributed by atoms with E-state index >= 15 is 0 Å². The fraction of sp³-hybridized carbons (Fsp3) is 0.188. The molecule has 19 heavy (non-hydrogen) atoms. The molecule has 0 saturated heterocycles. The van der Waals surface area contributed by atoms with Gasteiger partial charge < -0.3 is 10.2 Å². The van der Waals surface area contributed by atoms with E-state index in [1.807, 2.05) is 56.3 Å². The lowest BCUT2D eigenvalue weighted by Gasteiger charge is -2.08. The van der Waals surface area contributed by atoms with Crippen LogP contribution in [0.25, 0.3) is 11.0 Å². The molecule has 1 unspecified atom stereocenters. The van der Waals surface area contributed by atoms with Crippen LogP contribution in [0.5, 0.6) is 0 Å². The summed E-state index contributed by atoms with van der Waals surface area (Å²) in [6.07, 6.45) is 0. The monoisotopic (exact) mass is 252 g/mol. The zero-order chi connectivity index (χ0) is 13.4. The summed E-state index contributed by atoms with van der Waals surface area (Å²) in [4.78, 5) is 4.46. The van der Waals surface area contributed by atoms with Crippen LogP contribution in [-0.2, 0) is 0 Å². The maximum absolute atomic E-state index is 6.24. The van der Waals surface area contributed by atoms with E-state index in [1.165, 1.54) is 0 Å². The van der Waals surface area contributed by atoms with Crippen LogP contribution in [0.3, 0.4) is 0 Å². The fourth-order valence-corrected chi connectivity index (χ4v) is 2.27. The summed E-state index contributed by atoms with van der Waals surface area (Å²) in [5.74, 6) is 0.752. The summed E-state index contributed by atoms with van der Waals surface area (Å²) in [7, 11) is 0. The molecule has 3 nitrogen and oxygen atoms in total. The number of hydrogen-bond acceptors (Lipinski definition) is 3. The Kier molecular flexibility index (Phi) is 2.84. The van der Waals surface area contributed by atoms with Gasteiger partial charge in [0.25, 0.3) is 0 Å². The largest absolute Gasteiger partial charge is 0.459 e. The Morgan fingerprint density at radius 2 is 1.89 bits per heavy atom. The number of nitrogens with two attached hydrogens (primary N) is 1. The summed E-state index contributed by atoms with van der Waals surface area (Å²) in [5, 5.41) is 1.08. The minimum atomic E-state index is -0.327. The number of hydrogen-bond donors (Lipinski definition) is 1. The number of furan rings is 1. The molecule has 0 aliphatic carbocycles. The lowest BCUT2D eigenvalue weighted by Crippen LogP contribution is -2.12. The first-order valence-electron chi connectivity index (χ1n) is 6.33. The van der Waals surface area contributed by atoms with Gasteiger partial charge in [-0.1, -0.05) is 24.3 Å². The summed E-state index contributed by atoms with van der Waals surface area (Å²) >= 11 is 0. The first kappa shape index (κ1) is 11.9. The van der Waals surface area contributed by atoms with Gasteiger partial charge in [-0.3, -0.25) is 4.98 Å². The molecule has 96 valence electrons. The van der Waals surface area contributed by atoms with Gasteiger partial charge in [-0.05, 0) is 37.6 Å². The van der Waals surface area contributed by atoms with E-state index in [0.717, 1.165) is 33.7 Å². The zero-order valence-corrected chi connectivity index (χ0v) is 11.1. The molecule has 0 amide bonds. The highest BCUT2D eigenvalue weighted by Crippen LogP contribution is 2.27. The third kappa shape index (κ3) is 2.13. The molecular weight excluding hydrogens is 236 g/mol. The van der Waals surface area contributed by atoms with Crippen LogP contribution >= 0.6 is 0 Å². The Balaban J connectivity index is 2.06. The highest BCUT2D eigenvalue weighted by atomic mass is 16.3. The molecule has 0 fully saturated rings. The van der Waals surface area contributed by atoms with E-state index in [9.17, 15) is 0 Å². The van der Waals surface area contributed by atoms with Gasteiger partial charge in [-0.2, -0.15) is 0 Å². The fourth-order valence-electron chi connectivity index (χ4n) is 2.27. The summed E-state index contributed by atoms with van der Waals surface area (Å²) < 4.78 is 5.89.